The highest BCUT2D eigenvalue weighted by Crippen LogP contribution is 2.26. The second-order valence-electron chi connectivity index (χ2n) is 4.29. The van der Waals surface area contributed by atoms with Gasteiger partial charge < -0.3 is 9.84 Å². The van der Waals surface area contributed by atoms with E-state index >= 15 is 0 Å². The van der Waals surface area contributed by atoms with E-state index in [1.54, 1.807) is 12.1 Å². The second kappa shape index (κ2) is 4.82. The summed E-state index contributed by atoms with van der Waals surface area (Å²) in [5, 5.41) is 10.2. The van der Waals surface area contributed by atoms with Crippen molar-refractivity contribution in [1.29, 1.82) is 0 Å². The van der Waals surface area contributed by atoms with Crippen molar-refractivity contribution in [2.45, 2.75) is 24.9 Å². The van der Waals surface area contributed by atoms with E-state index < -0.39 is 5.60 Å². The van der Waals surface area contributed by atoms with Gasteiger partial charge in [0.05, 0.1) is 12.2 Å². The molecule has 16 heavy (non-hydrogen) atoms. The standard InChI is InChI=1S/C12H14BrFO2/c13-10-3-2-9(11(14)6-10)7-12(15)4-1-5-16-8-12/h2-3,6,15H,1,4-5,7-8H2. The van der Waals surface area contributed by atoms with Crippen LogP contribution in [-0.4, -0.2) is 23.9 Å². The summed E-state index contributed by atoms with van der Waals surface area (Å²) < 4.78 is 19.5. The first kappa shape index (κ1) is 12.0. The smallest absolute Gasteiger partial charge is 0.127 e. The molecule has 4 heteroatoms. The summed E-state index contributed by atoms with van der Waals surface area (Å²) in [7, 11) is 0. The van der Waals surface area contributed by atoms with Crippen LogP contribution in [0.4, 0.5) is 4.39 Å². The average Bonchev–Trinajstić information content (AvgIpc) is 2.23. The van der Waals surface area contributed by atoms with Crippen LogP contribution in [0.3, 0.4) is 0 Å². The molecule has 1 aliphatic rings. The van der Waals surface area contributed by atoms with Crippen LogP contribution in [0.25, 0.3) is 0 Å². The molecule has 1 aromatic rings. The monoisotopic (exact) mass is 288 g/mol. The zero-order valence-electron chi connectivity index (χ0n) is 8.88. The van der Waals surface area contributed by atoms with Crippen molar-refractivity contribution >= 4 is 15.9 Å². The number of hydrogen-bond acceptors (Lipinski definition) is 2. The minimum atomic E-state index is -0.910. The third-order valence-corrected chi connectivity index (χ3v) is 3.33. The molecule has 88 valence electrons. The highest BCUT2D eigenvalue weighted by molar-refractivity contribution is 9.10. The van der Waals surface area contributed by atoms with Crippen molar-refractivity contribution in [1.82, 2.24) is 0 Å². The molecular formula is C12H14BrFO2. The van der Waals surface area contributed by atoms with Crippen LogP contribution in [-0.2, 0) is 11.2 Å². The van der Waals surface area contributed by atoms with E-state index in [2.05, 4.69) is 15.9 Å². The van der Waals surface area contributed by atoms with Crippen LogP contribution in [0.5, 0.6) is 0 Å². The van der Waals surface area contributed by atoms with Crippen molar-refractivity contribution in [3.8, 4) is 0 Å². The van der Waals surface area contributed by atoms with Gasteiger partial charge in [0.1, 0.15) is 5.82 Å². The fraction of sp³-hybridized carbons (Fsp3) is 0.500. The summed E-state index contributed by atoms with van der Waals surface area (Å²) >= 11 is 3.21. The van der Waals surface area contributed by atoms with Crippen molar-refractivity contribution in [3.05, 3.63) is 34.1 Å². The predicted molar refractivity (Wildman–Crippen MR) is 62.8 cm³/mol. The van der Waals surface area contributed by atoms with Crippen LogP contribution >= 0.6 is 15.9 Å². The van der Waals surface area contributed by atoms with E-state index in [-0.39, 0.29) is 5.82 Å². The molecule has 0 spiro atoms. The maximum Gasteiger partial charge on any atom is 0.127 e. The third kappa shape index (κ3) is 2.81. The zero-order chi connectivity index (χ0) is 11.6. The minimum Gasteiger partial charge on any atom is -0.387 e. The lowest BCUT2D eigenvalue weighted by atomic mass is 9.89. The quantitative estimate of drug-likeness (QED) is 0.907. The number of benzene rings is 1. The summed E-state index contributed by atoms with van der Waals surface area (Å²) in [6, 6.07) is 4.90. The number of ether oxygens (including phenoxy) is 1. The molecule has 0 aromatic heterocycles. The first-order chi connectivity index (χ1) is 7.59. The Labute approximate surface area is 103 Å². The van der Waals surface area contributed by atoms with Gasteiger partial charge in [0.15, 0.2) is 0 Å². The van der Waals surface area contributed by atoms with Gasteiger partial charge in [-0.2, -0.15) is 0 Å². The molecule has 0 amide bonds. The maximum absolute atomic E-state index is 13.6. The van der Waals surface area contributed by atoms with Gasteiger partial charge in [-0.25, -0.2) is 4.39 Å². The molecule has 0 saturated carbocycles. The van der Waals surface area contributed by atoms with Crippen LogP contribution in [0, 0.1) is 5.82 Å². The first-order valence-corrected chi connectivity index (χ1v) is 6.12. The molecule has 1 N–H and O–H groups in total. The van der Waals surface area contributed by atoms with E-state index in [9.17, 15) is 9.50 Å². The van der Waals surface area contributed by atoms with E-state index in [0.717, 1.165) is 6.42 Å². The van der Waals surface area contributed by atoms with E-state index in [0.29, 0.717) is 36.1 Å². The first-order valence-electron chi connectivity index (χ1n) is 5.33. The van der Waals surface area contributed by atoms with Crippen LogP contribution in [0.1, 0.15) is 18.4 Å². The summed E-state index contributed by atoms with van der Waals surface area (Å²) in [5.74, 6) is -0.284. The Bertz CT molecular complexity index is 375. The van der Waals surface area contributed by atoms with Crippen molar-refractivity contribution < 1.29 is 14.2 Å². The molecule has 2 rings (SSSR count). The average molecular weight is 289 g/mol. The predicted octanol–water partition coefficient (Wildman–Crippen LogP) is 2.67. The molecule has 1 fully saturated rings. The summed E-state index contributed by atoms with van der Waals surface area (Å²) in [6.07, 6.45) is 1.81. The second-order valence-corrected chi connectivity index (χ2v) is 5.21. The van der Waals surface area contributed by atoms with E-state index in [1.807, 2.05) is 0 Å². The van der Waals surface area contributed by atoms with Gasteiger partial charge in [0.25, 0.3) is 0 Å². The fourth-order valence-corrected chi connectivity index (χ4v) is 2.33. The molecule has 2 nitrogen and oxygen atoms in total. The largest absolute Gasteiger partial charge is 0.387 e. The number of rotatable bonds is 2. The summed E-state index contributed by atoms with van der Waals surface area (Å²) in [5.41, 5.74) is -0.372. The molecule has 1 heterocycles. The van der Waals surface area contributed by atoms with Crippen molar-refractivity contribution in [2.24, 2.45) is 0 Å². The third-order valence-electron chi connectivity index (χ3n) is 2.84. The van der Waals surface area contributed by atoms with Gasteiger partial charge >= 0.3 is 0 Å². The molecule has 1 unspecified atom stereocenters. The lowest BCUT2D eigenvalue weighted by molar-refractivity contribution is -0.0848. The van der Waals surface area contributed by atoms with Crippen LogP contribution < -0.4 is 0 Å². The summed E-state index contributed by atoms with van der Waals surface area (Å²) in [6.45, 7) is 0.980. The van der Waals surface area contributed by atoms with Gasteiger partial charge in [-0.15, -0.1) is 0 Å². The van der Waals surface area contributed by atoms with Gasteiger partial charge in [-0.05, 0) is 30.5 Å². The molecule has 0 aliphatic carbocycles. The number of hydrogen-bond donors (Lipinski definition) is 1. The SMILES string of the molecule is OC1(Cc2ccc(Br)cc2F)CCCOC1. The highest BCUT2D eigenvalue weighted by Gasteiger charge is 2.31. The lowest BCUT2D eigenvalue weighted by Crippen LogP contribution is -2.40. The molecule has 0 bridgehead atoms. The Hall–Kier alpha value is -0.450. The minimum absolute atomic E-state index is 0.284. The van der Waals surface area contributed by atoms with E-state index in [1.165, 1.54) is 6.07 Å². The zero-order valence-corrected chi connectivity index (χ0v) is 10.5. The van der Waals surface area contributed by atoms with Gasteiger partial charge in [-0.1, -0.05) is 22.0 Å². The molecule has 1 saturated heterocycles. The molecule has 0 radical (unpaired) electrons. The fourth-order valence-electron chi connectivity index (χ4n) is 2.00. The van der Waals surface area contributed by atoms with Crippen LogP contribution in [0.15, 0.2) is 22.7 Å². The van der Waals surface area contributed by atoms with Crippen molar-refractivity contribution in [2.75, 3.05) is 13.2 Å². The Kier molecular flexibility index (Phi) is 3.62. The lowest BCUT2D eigenvalue weighted by Gasteiger charge is -2.32. The van der Waals surface area contributed by atoms with Crippen LogP contribution in [0.2, 0.25) is 0 Å². The molecule has 1 aromatic carbocycles. The highest BCUT2D eigenvalue weighted by atomic mass is 79.9. The van der Waals surface area contributed by atoms with Gasteiger partial charge in [0.2, 0.25) is 0 Å². The number of halogens is 2. The maximum atomic E-state index is 13.6. The Morgan fingerprint density at radius 1 is 1.50 bits per heavy atom. The Morgan fingerprint density at radius 3 is 2.94 bits per heavy atom. The topological polar surface area (TPSA) is 29.5 Å². The van der Waals surface area contributed by atoms with Gasteiger partial charge in [0, 0.05) is 17.5 Å². The normalized spacial score (nSPS) is 25.7. The summed E-state index contributed by atoms with van der Waals surface area (Å²) in [4.78, 5) is 0. The Balaban J connectivity index is 2.13. The molecule has 1 aliphatic heterocycles. The van der Waals surface area contributed by atoms with Gasteiger partial charge in [-0.3, -0.25) is 0 Å². The number of aliphatic hydroxyl groups is 1. The molecule has 1 atom stereocenters. The molecular weight excluding hydrogens is 275 g/mol. The van der Waals surface area contributed by atoms with E-state index in [4.69, 9.17) is 4.74 Å². The van der Waals surface area contributed by atoms with Crippen molar-refractivity contribution in [3.63, 3.8) is 0 Å². The Morgan fingerprint density at radius 2 is 2.31 bits per heavy atom.